The number of halogens is 5. The summed E-state index contributed by atoms with van der Waals surface area (Å²) in [4.78, 5) is 4.10. The molecule has 31 heavy (non-hydrogen) atoms. The highest BCUT2D eigenvalue weighted by Gasteiger charge is 2.47. The van der Waals surface area contributed by atoms with Crippen LogP contribution in [0.4, 0.5) is 19.0 Å². The van der Waals surface area contributed by atoms with Crippen molar-refractivity contribution in [3.8, 4) is 16.9 Å². The van der Waals surface area contributed by atoms with Crippen LogP contribution < -0.4 is 10.5 Å². The minimum atomic E-state index is -3.00. The van der Waals surface area contributed by atoms with E-state index in [1.807, 2.05) is 0 Å². The van der Waals surface area contributed by atoms with E-state index >= 15 is 0 Å². The van der Waals surface area contributed by atoms with Gasteiger partial charge in [-0.1, -0.05) is 23.2 Å². The molecule has 1 saturated heterocycles. The average Bonchev–Trinajstić information content (AvgIpc) is 3.32. The summed E-state index contributed by atoms with van der Waals surface area (Å²) in [5.41, 5.74) is 7.27. The predicted octanol–water partition coefficient (Wildman–Crippen LogP) is 5.32. The van der Waals surface area contributed by atoms with E-state index in [0.29, 0.717) is 11.1 Å². The zero-order valence-electron chi connectivity index (χ0n) is 16.2. The second-order valence-electron chi connectivity index (χ2n) is 7.13. The molecule has 11 heteroatoms. The topological polar surface area (TPSA) is 75.2 Å². The number of hydrogen-bond donors (Lipinski definition) is 1. The Morgan fingerprint density at radius 1 is 1.29 bits per heavy atom. The Morgan fingerprint density at radius 3 is 2.77 bits per heavy atom. The molecule has 1 unspecified atom stereocenters. The number of nitrogens with zero attached hydrogens (tertiary/aromatic N) is 3. The molecule has 3 aromatic rings. The van der Waals surface area contributed by atoms with Gasteiger partial charge in [0.05, 0.1) is 17.8 Å². The lowest BCUT2D eigenvalue weighted by atomic mass is 10.1. The third-order valence-corrected chi connectivity index (χ3v) is 5.70. The largest absolute Gasteiger partial charge is 0.482 e. The Bertz CT molecular complexity index is 1130. The van der Waals surface area contributed by atoms with Crippen molar-refractivity contribution in [2.24, 2.45) is 0 Å². The summed E-state index contributed by atoms with van der Waals surface area (Å²) in [6.07, 6.45) is 3.65. The number of ether oxygens (including phenoxy) is 2. The molecule has 1 aromatic carbocycles. The number of pyridine rings is 1. The van der Waals surface area contributed by atoms with E-state index in [9.17, 15) is 13.2 Å². The second-order valence-corrected chi connectivity index (χ2v) is 7.91. The Balaban J connectivity index is 1.61. The molecule has 0 saturated carbocycles. The van der Waals surface area contributed by atoms with Crippen LogP contribution in [-0.4, -0.2) is 33.9 Å². The third-order valence-electron chi connectivity index (χ3n) is 4.98. The summed E-state index contributed by atoms with van der Waals surface area (Å²) in [6, 6.07) is 2.95. The number of hydrogen-bond acceptors (Lipinski definition) is 5. The van der Waals surface area contributed by atoms with Gasteiger partial charge in [-0.3, -0.25) is 4.68 Å². The molecule has 2 aromatic heterocycles. The van der Waals surface area contributed by atoms with Crippen molar-refractivity contribution in [1.29, 1.82) is 0 Å². The lowest BCUT2D eigenvalue weighted by Gasteiger charge is -2.19. The Hall–Kier alpha value is -2.49. The Morgan fingerprint density at radius 2 is 2.06 bits per heavy atom. The molecule has 4 rings (SSSR count). The standard InChI is InChI=1S/C20H17Cl2F3N4O2/c1-10(17-13(21)2-3-14(23)18(17)22)31-15-4-11(5-27-19(15)26)12-6-28-29(7-12)16-8-30-9-20(16,24)25/h2-7,10,16H,8-9H2,1H3,(H2,26,27)/t10-,16?/m1/s1. The molecule has 6 nitrogen and oxygen atoms in total. The van der Waals surface area contributed by atoms with E-state index in [4.69, 9.17) is 38.4 Å². The van der Waals surface area contributed by atoms with Crippen molar-refractivity contribution in [2.75, 3.05) is 18.9 Å². The van der Waals surface area contributed by atoms with Crippen molar-refractivity contribution >= 4 is 29.0 Å². The van der Waals surface area contributed by atoms with Crippen molar-refractivity contribution in [1.82, 2.24) is 14.8 Å². The van der Waals surface area contributed by atoms with Gasteiger partial charge in [0.2, 0.25) is 0 Å². The van der Waals surface area contributed by atoms with Gasteiger partial charge in [0, 0.05) is 34.1 Å². The van der Waals surface area contributed by atoms with Gasteiger partial charge in [0.25, 0.3) is 5.92 Å². The molecule has 2 atom stereocenters. The van der Waals surface area contributed by atoms with Gasteiger partial charge >= 0.3 is 0 Å². The normalized spacial score (nSPS) is 18.8. The smallest absolute Gasteiger partial charge is 0.295 e. The molecule has 1 aliphatic heterocycles. The van der Waals surface area contributed by atoms with Crippen LogP contribution in [0, 0.1) is 5.82 Å². The van der Waals surface area contributed by atoms with E-state index in [0.717, 1.165) is 6.07 Å². The number of anilines is 1. The lowest BCUT2D eigenvalue weighted by Crippen LogP contribution is -2.29. The molecule has 0 radical (unpaired) electrons. The van der Waals surface area contributed by atoms with Crippen LogP contribution in [0.15, 0.2) is 36.8 Å². The van der Waals surface area contributed by atoms with E-state index in [1.54, 1.807) is 13.0 Å². The van der Waals surface area contributed by atoms with Gasteiger partial charge in [-0.05, 0) is 25.1 Å². The van der Waals surface area contributed by atoms with Crippen molar-refractivity contribution in [2.45, 2.75) is 25.0 Å². The maximum absolute atomic E-state index is 13.9. The molecule has 164 valence electrons. The van der Waals surface area contributed by atoms with Crippen molar-refractivity contribution < 1.29 is 22.6 Å². The summed E-state index contributed by atoms with van der Waals surface area (Å²) in [6.45, 7) is 0.866. The highest BCUT2D eigenvalue weighted by atomic mass is 35.5. The maximum Gasteiger partial charge on any atom is 0.295 e. The molecule has 0 aliphatic carbocycles. The molecular formula is C20H17Cl2F3N4O2. The number of alkyl halides is 2. The van der Waals surface area contributed by atoms with Crippen LogP contribution in [0.3, 0.4) is 0 Å². The molecule has 2 N–H and O–H groups in total. The van der Waals surface area contributed by atoms with Gasteiger partial charge in [0.1, 0.15) is 24.6 Å². The number of nitrogens with two attached hydrogens (primary N) is 1. The fourth-order valence-electron chi connectivity index (χ4n) is 3.32. The minimum Gasteiger partial charge on any atom is -0.482 e. The quantitative estimate of drug-likeness (QED) is 0.508. The van der Waals surface area contributed by atoms with Crippen LogP contribution in [0.5, 0.6) is 5.75 Å². The van der Waals surface area contributed by atoms with Gasteiger partial charge in [-0.25, -0.2) is 18.2 Å². The fraction of sp³-hybridized carbons (Fsp3) is 0.300. The zero-order chi connectivity index (χ0) is 22.3. The monoisotopic (exact) mass is 472 g/mol. The van der Waals surface area contributed by atoms with Gasteiger partial charge in [-0.2, -0.15) is 5.10 Å². The number of rotatable bonds is 5. The molecule has 0 bridgehead atoms. The third kappa shape index (κ3) is 4.17. The number of nitrogen functional groups attached to an aromatic ring is 1. The predicted molar refractivity (Wildman–Crippen MR) is 110 cm³/mol. The molecule has 0 spiro atoms. The van der Waals surface area contributed by atoms with Crippen LogP contribution in [0.2, 0.25) is 10.0 Å². The van der Waals surface area contributed by atoms with Crippen LogP contribution in [-0.2, 0) is 4.74 Å². The molecule has 1 fully saturated rings. The van der Waals surface area contributed by atoms with Crippen LogP contribution in [0.25, 0.3) is 11.1 Å². The Labute approximate surface area is 185 Å². The summed E-state index contributed by atoms with van der Waals surface area (Å²) < 4.78 is 53.6. The van der Waals surface area contributed by atoms with Gasteiger partial charge in [0.15, 0.2) is 11.6 Å². The number of benzene rings is 1. The first-order chi connectivity index (χ1) is 14.7. The second kappa shape index (κ2) is 8.22. The van der Waals surface area contributed by atoms with Crippen LogP contribution >= 0.6 is 23.2 Å². The summed E-state index contributed by atoms with van der Waals surface area (Å²) in [5.74, 6) is -3.35. The molecule has 0 amide bonds. The van der Waals surface area contributed by atoms with Crippen molar-refractivity contribution in [3.63, 3.8) is 0 Å². The average molecular weight is 473 g/mol. The number of aromatic nitrogens is 3. The fourth-order valence-corrected chi connectivity index (χ4v) is 4.00. The lowest BCUT2D eigenvalue weighted by molar-refractivity contribution is -0.0349. The maximum atomic E-state index is 13.9. The first kappa shape index (κ1) is 21.7. The molecule has 3 heterocycles. The highest BCUT2D eigenvalue weighted by molar-refractivity contribution is 6.36. The minimum absolute atomic E-state index is 0.0855. The Kier molecular flexibility index (Phi) is 5.76. The van der Waals surface area contributed by atoms with E-state index in [2.05, 4.69) is 10.1 Å². The van der Waals surface area contributed by atoms with Gasteiger partial charge in [-0.15, -0.1) is 0 Å². The SMILES string of the molecule is C[C@@H](Oc1cc(-c2cnn(C3COCC3(F)F)c2)cnc1N)c1c(Cl)ccc(F)c1Cl. The molecule has 1 aliphatic rings. The summed E-state index contributed by atoms with van der Waals surface area (Å²) in [5, 5.41) is 4.13. The highest BCUT2D eigenvalue weighted by Crippen LogP contribution is 2.38. The van der Waals surface area contributed by atoms with E-state index in [-0.39, 0.29) is 33.8 Å². The summed E-state index contributed by atoms with van der Waals surface area (Å²) in [7, 11) is 0. The summed E-state index contributed by atoms with van der Waals surface area (Å²) >= 11 is 12.2. The first-order valence-corrected chi connectivity index (χ1v) is 9.98. The van der Waals surface area contributed by atoms with Crippen LogP contribution in [0.1, 0.15) is 24.6 Å². The van der Waals surface area contributed by atoms with E-state index < -0.39 is 30.5 Å². The van der Waals surface area contributed by atoms with Crippen molar-refractivity contribution in [3.05, 3.63) is 58.2 Å². The van der Waals surface area contributed by atoms with Gasteiger partial charge < -0.3 is 15.2 Å². The zero-order valence-corrected chi connectivity index (χ0v) is 17.7. The first-order valence-electron chi connectivity index (χ1n) is 9.23. The van der Waals surface area contributed by atoms with E-state index in [1.165, 1.54) is 29.3 Å². The molecular weight excluding hydrogens is 456 g/mol.